The molecule has 0 saturated carbocycles. The first-order chi connectivity index (χ1) is 7.54. The minimum absolute atomic E-state index is 0.0304. The van der Waals surface area contributed by atoms with Crippen molar-refractivity contribution in [1.29, 1.82) is 0 Å². The topological polar surface area (TPSA) is 55.1 Å². The van der Waals surface area contributed by atoms with Crippen LogP contribution in [0.1, 0.15) is 31.9 Å². The van der Waals surface area contributed by atoms with Gasteiger partial charge < -0.3 is 11.1 Å². The van der Waals surface area contributed by atoms with E-state index in [1.807, 2.05) is 31.2 Å². The highest BCUT2D eigenvalue weighted by Gasteiger charge is 2.15. The Labute approximate surface area is 101 Å². The van der Waals surface area contributed by atoms with E-state index in [2.05, 4.69) is 5.32 Å². The summed E-state index contributed by atoms with van der Waals surface area (Å²) in [6, 6.07) is 6.97. The third kappa shape index (κ3) is 3.51. The van der Waals surface area contributed by atoms with Crippen LogP contribution in [0.5, 0.6) is 0 Å². The zero-order valence-electron chi connectivity index (χ0n) is 9.53. The fourth-order valence-electron chi connectivity index (χ4n) is 1.45. The van der Waals surface area contributed by atoms with E-state index in [9.17, 15) is 4.79 Å². The number of hydrogen-bond acceptors (Lipinski definition) is 2. The molecule has 0 saturated heterocycles. The maximum absolute atomic E-state index is 11.5. The number of carbonyl (C=O) groups excluding carboxylic acids is 1. The number of rotatable bonds is 4. The highest BCUT2D eigenvalue weighted by Crippen LogP contribution is 2.20. The van der Waals surface area contributed by atoms with Gasteiger partial charge in [0.25, 0.3) is 0 Å². The second kappa shape index (κ2) is 5.87. The van der Waals surface area contributed by atoms with Crippen LogP contribution in [0, 0.1) is 0 Å². The Morgan fingerprint density at radius 1 is 1.56 bits per heavy atom. The molecule has 0 fully saturated rings. The number of hydrogen-bond donors (Lipinski definition) is 2. The summed E-state index contributed by atoms with van der Waals surface area (Å²) in [6.07, 6.45) is 0.804. The summed E-state index contributed by atoms with van der Waals surface area (Å²) >= 11 is 5.91. The largest absolute Gasteiger partial charge is 0.348 e. The van der Waals surface area contributed by atoms with Crippen molar-refractivity contribution >= 4 is 17.5 Å². The first-order valence-corrected chi connectivity index (χ1v) is 5.73. The number of halogens is 1. The fourth-order valence-corrected chi connectivity index (χ4v) is 1.65. The quantitative estimate of drug-likeness (QED) is 0.848. The van der Waals surface area contributed by atoms with Crippen molar-refractivity contribution in [2.45, 2.75) is 32.4 Å². The molecule has 0 aliphatic rings. The van der Waals surface area contributed by atoms with Crippen LogP contribution in [0.3, 0.4) is 0 Å². The lowest BCUT2D eigenvalue weighted by atomic mass is 10.0. The zero-order valence-corrected chi connectivity index (χ0v) is 10.3. The molecule has 3 N–H and O–H groups in total. The van der Waals surface area contributed by atoms with E-state index in [1.54, 1.807) is 6.92 Å². The van der Waals surface area contributed by atoms with Crippen molar-refractivity contribution in [3.8, 4) is 0 Å². The van der Waals surface area contributed by atoms with E-state index in [0.29, 0.717) is 5.02 Å². The van der Waals surface area contributed by atoms with Gasteiger partial charge in [-0.15, -0.1) is 0 Å². The third-order valence-corrected chi connectivity index (χ3v) is 2.62. The lowest BCUT2D eigenvalue weighted by Crippen LogP contribution is -2.40. The van der Waals surface area contributed by atoms with E-state index in [-0.39, 0.29) is 11.9 Å². The lowest BCUT2D eigenvalue weighted by Gasteiger charge is -2.19. The summed E-state index contributed by atoms with van der Waals surface area (Å²) in [5.74, 6) is -0.146. The van der Waals surface area contributed by atoms with Crippen LogP contribution in [0.4, 0.5) is 0 Å². The minimum atomic E-state index is -0.492. The Hall–Kier alpha value is -1.06. The molecule has 1 rings (SSSR count). The van der Waals surface area contributed by atoms with Crippen molar-refractivity contribution in [3.63, 3.8) is 0 Å². The van der Waals surface area contributed by atoms with Crippen molar-refractivity contribution in [3.05, 3.63) is 34.9 Å². The Kier molecular flexibility index (Phi) is 4.77. The molecule has 1 unspecified atom stereocenters. The molecular formula is C12H17ClN2O. The molecule has 0 aliphatic carbocycles. The monoisotopic (exact) mass is 240 g/mol. The Morgan fingerprint density at radius 2 is 2.25 bits per heavy atom. The predicted molar refractivity (Wildman–Crippen MR) is 66.3 cm³/mol. The van der Waals surface area contributed by atoms with Gasteiger partial charge >= 0.3 is 0 Å². The van der Waals surface area contributed by atoms with Gasteiger partial charge in [0.2, 0.25) is 5.91 Å². The van der Waals surface area contributed by atoms with Crippen LogP contribution in [0.15, 0.2) is 24.3 Å². The molecule has 1 aromatic carbocycles. The van der Waals surface area contributed by atoms with Crippen molar-refractivity contribution in [2.75, 3.05) is 0 Å². The SMILES string of the molecule is CCC(NC(=O)[C@@H](C)N)c1cccc(Cl)c1. The van der Waals surface area contributed by atoms with E-state index in [4.69, 9.17) is 17.3 Å². The molecular weight excluding hydrogens is 224 g/mol. The maximum Gasteiger partial charge on any atom is 0.237 e. The van der Waals surface area contributed by atoms with Gasteiger partial charge in [-0.2, -0.15) is 0 Å². The molecule has 0 heterocycles. The van der Waals surface area contributed by atoms with E-state index in [1.165, 1.54) is 0 Å². The molecule has 0 bridgehead atoms. The molecule has 4 heteroatoms. The van der Waals surface area contributed by atoms with Crippen molar-refractivity contribution < 1.29 is 4.79 Å². The van der Waals surface area contributed by atoms with Crippen LogP contribution in [0.2, 0.25) is 5.02 Å². The summed E-state index contributed by atoms with van der Waals surface area (Å²) in [6.45, 7) is 3.67. The van der Waals surface area contributed by atoms with Crippen LogP contribution in [-0.4, -0.2) is 11.9 Å². The van der Waals surface area contributed by atoms with E-state index >= 15 is 0 Å². The second-order valence-corrected chi connectivity index (χ2v) is 4.25. The average Bonchev–Trinajstić information content (AvgIpc) is 2.25. The molecule has 88 valence electrons. The van der Waals surface area contributed by atoms with Gasteiger partial charge in [0.1, 0.15) is 0 Å². The van der Waals surface area contributed by atoms with Crippen LogP contribution >= 0.6 is 11.6 Å². The molecule has 2 atom stereocenters. The smallest absolute Gasteiger partial charge is 0.237 e. The number of amides is 1. The molecule has 0 spiro atoms. The third-order valence-electron chi connectivity index (χ3n) is 2.39. The van der Waals surface area contributed by atoms with Gasteiger partial charge in [-0.25, -0.2) is 0 Å². The van der Waals surface area contributed by atoms with Gasteiger partial charge in [-0.05, 0) is 31.0 Å². The average molecular weight is 241 g/mol. The first-order valence-electron chi connectivity index (χ1n) is 5.36. The Balaban J connectivity index is 2.78. The normalized spacial score (nSPS) is 14.2. The molecule has 3 nitrogen and oxygen atoms in total. The van der Waals surface area contributed by atoms with Crippen LogP contribution in [-0.2, 0) is 4.79 Å². The van der Waals surface area contributed by atoms with Crippen LogP contribution < -0.4 is 11.1 Å². The molecule has 0 radical (unpaired) electrons. The standard InChI is InChI=1S/C12H17ClN2O/c1-3-11(15-12(16)8(2)14)9-5-4-6-10(13)7-9/h4-8,11H,3,14H2,1-2H3,(H,15,16)/t8-,11?/m1/s1. The van der Waals surface area contributed by atoms with Crippen molar-refractivity contribution in [2.24, 2.45) is 5.73 Å². The number of carbonyl (C=O) groups is 1. The number of benzene rings is 1. The molecule has 0 aliphatic heterocycles. The lowest BCUT2D eigenvalue weighted by molar-refractivity contribution is -0.122. The second-order valence-electron chi connectivity index (χ2n) is 3.81. The van der Waals surface area contributed by atoms with Gasteiger partial charge in [0, 0.05) is 5.02 Å². The molecule has 0 aromatic heterocycles. The maximum atomic E-state index is 11.5. The minimum Gasteiger partial charge on any atom is -0.348 e. The van der Waals surface area contributed by atoms with Gasteiger partial charge in [-0.1, -0.05) is 30.7 Å². The highest BCUT2D eigenvalue weighted by molar-refractivity contribution is 6.30. The molecule has 1 aromatic rings. The fraction of sp³-hybridized carbons (Fsp3) is 0.417. The van der Waals surface area contributed by atoms with Gasteiger partial charge in [0.15, 0.2) is 0 Å². The number of nitrogens with one attached hydrogen (secondary N) is 1. The number of nitrogens with two attached hydrogens (primary N) is 1. The molecule has 1 amide bonds. The zero-order chi connectivity index (χ0) is 12.1. The van der Waals surface area contributed by atoms with Crippen LogP contribution in [0.25, 0.3) is 0 Å². The summed E-state index contributed by atoms with van der Waals surface area (Å²) < 4.78 is 0. The first kappa shape index (κ1) is 13.0. The van der Waals surface area contributed by atoms with E-state index in [0.717, 1.165) is 12.0 Å². The van der Waals surface area contributed by atoms with E-state index < -0.39 is 6.04 Å². The Bertz CT molecular complexity index is 366. The summed E-state index contributed by atoms with van der Waals surface area (Å²) in [7, 11) is 0. The predicted octanol–water partition coefficient (Wildman–Crippen LogP) is 2.25. The van der Waals surface area contributed by atoms with Crippen molar-refractivity contribution in [1.82, 2.24) is 5.32 Å². The summed E-state index contributed by atoms with van der Waals surface area (Å²) in [5, 5.41) is 3.56. The van der Waals surface area contributed by atoms with Gasteiger partial charge in [0.05, 0.1) is 12.1 Å². The summed E-state index contributed by atoms with van der Waals surface area (Å²) in [4.78, 5) is 11.5. The molecule has 16 heavy (non-hydrogen) atoms. The highest BCUT2D eigenvalue weighted by atomic mass is 35.5. The van der Waals surface area contributed by atoms with Gasteiger partial charge in [-0.3, -0.25) is 4.79 Å². The summed E-state index contributed by atoms with van der Waals surface area (Å²) in [5.41, 5.74) is 6.51. The Morgan fingerprint density at radius 3 is 2.75 bits per heavy atom.